The third-order valence-corrected chi connectivity index (χ3v) is 3.33. The van der Waals surface area contributed by atoms with Gasteiger partial charge in [-0.15, -0.1) is 0 Å². The molecule has 1 N–H and O–H groups in total. The first kappa shape index (κ1) is 10.5. The molecule has 0 radical (unpaired) electrons. The van der Waals surface area contributed by atoms with Crippen LogP contribution < -0.4 is 5.32 Å². The zero-order chi connectivity index (χ0) is 9.14. The average Bonchev–Trinajstić information content (AvgIpc) is 2.08. The second-order valence-corrected chi connectivity index (χ2v) is 4.75. The summed E-state index contributed by atoms with van der Waals surface area (Å²) in [4.78, 5) is 0. The summed E-state index contributed by atoms with van der Waals surface area (Å²) >= 11 is 5.82. The fourth-order valence-corrected chi connectivity index (χ4v) is 2.18. The first-order valence-corrected chi connectivity index (χ1v) is 5.64. The van der Waals surface area contributed by atoms with Crippen molar-refractivity contribution in [2.75, 3.05) is 7.05 Å². The molecule has 1 nitrogen and oxygen atoms in total. The summed E-state index contributed by atoms with van der Waals surface area (Å²) in [6, 6.07) is 6.75. The summed E-state index contributed by atoms with van der Waals surface area (Å²) in [5.41, 5.74) is 1.34. The highest BCUT2D eigenvalue weighted by molar-refractivity contribution is 14.1. The highest BCUT2D eigenvalue weighted by Gasteiger charge is 2.06. The molecule has 0 aliphatic rings. The number of hydrogen-bond donors (Lipinski definition) is 1. The van der Waals surface area contributed by atoms with E-state index < -0.39 is 0 Å². The van der Waals surface area contributed by atoms with Crippen LogP contribution in [-0.4, -0.2) is 7.05 Å². The number of nitrogens with one attached hydrogen (secondary N) is 1. The molecule has 0 bridgehead atoms. The fourth-order valence-electron chi connectivity index (χ4n) is 1.00. The zero-order valence-electron chi connectivity index (χ0n) is 7.07. The van der Waals surface area contributed by atoms with E-state index in [1.807, 2.05) is 7.05 Å². The van der Waals surface area contributed by atoms with Gasteiger partial charge < -0.3 is 5.32 Å². The third-order valence-electron chi connectivity index (χ3n) is 1.86. The van der Waals surface area contributed by atoms with E-state index in [1.54, 1.807) is 0 Å². The summed E-state index contributed by atoms with van der Waals surface area (Å²) in [6.07, 6.45) is 0. The van der Waals surface area contributed by atoms with Crippen LogP contribution >= 0.6 is 38.5 Å². The molecule has 1 unspecified atom stereocenters. The van der Waals surface area contributed by atoms with Gasteiger partial charge in [0.1, 0.15) is 0 Å². The highest BCUT2D eigenvalue weighted by atomic mass is 127. The van der Waals surface area contributed by atoms with Crippen molar-refractivity contribution < 1.29 is 0 Å². The van der Waals surface area contributed by atoms with Gasteiger partial charge in [-0.25, -0.2) is 0 Å². The molecule has 0 spiro atoms. The van der Waals surface area contributed by atoms with E-state index in [0.717, 1.165) is 4.47 Å². The summed E-state index contributed by atoms with van der Waals surface area (Å²) in [5, 5.41) is 3.22. The van der Waals surface area contributed by atoms with Crippen LogP contribution in [0.15, 0.2) is 22.7 Å². The Kier molecular flexibility index (Phi) is 3.99. The van der Waals surface area contributed by atoms with Crippen molar-refractivity contribution >= 4 is 38.5 Å². The molecule has 12 heavy (non-hydrogen) atoms. The lowest BCUT2D eigenvalue weighted by Gasteiger charge is -2.12. The third kappa shape index (κ3) is 2.44. The molecule has 0 amide bonds. The van der Waals surface area contributed by atoms with E-state index in [4.69, 9.17) is 0 Å². The first-order valence-electron chi connectivity index (χ1n) is 3.77. The average molecular weight is 340 g/mol. The van der Waals surface area contributed by atoms with Crippen LogP contribution in [0.1, 0.15) is 18.5 Å². The molecule has 0 fully saturated rings. The van der Waals surface area contributed by atoms with Crippen LogP contribution in [0.5, 0.6) is 0 Å². The Hall–Kier alpha value is 0.390. The lowest BCUT2D eigenvalue weighted by atomic mass is 10.1. The summed E-state index contributed by atoms with van der Waals surface area (Å²) in [7, 11) is 1.97. The van der Waals surface area contributed by atoms with Gasteiger partial charge in [0.2, 0.25) is 0 Å². The summed E-state index contributed by atoms with van der Waals surface area (Å²) in [5.74, 6) is 0. The lowest BCUT2D eigenvalue weighted by Crippen LogP contribution is -2.13. The Bertz CT molecular complexity index is 275. The molecule has 66 valence electrons. The van der Waals surface area contributed by atoms with Crippen molar-refractivity contribution in [1.82, 2.24) is 5.32 Å². The molecule has 0 aromatic heterocycles. The van der Waals surface area contributed by atoms with Gasteiger partial charge in [-0.1, -0.05) is 15.9 Å². The van der Waals surface area contributed by atoms with Crippen molar-refractivity contribution in [3.63, 3.8) is 0 Å². The van der Waals surface area contributed by atoms with Gasteiger partial charge in [0, 0.05) is 14.1 Å². The SMILES string of the molecule is CNC(C)c1cc(Br)ccc1I. The molecule has 0 aliphatic heterocycles. The van der Waals surface area contributed by atoms with E-state index in [0.29, 0.717) is 6.04 Å². The van der Waals surface area contributed by atoms with Gasteiger partial charge in [0.15, 0.2) is 0 Å². The van der Waals surface area contributed by atoms with Crippen molar-refractivity contribution in [2.45, 2.75) is 13.0 Å². The molecule has 1 atom stereocenters. The zero-order valence-corrected chi connectivity index (χ0v) is 10.8. The van der Waals surface area contributed by atoms with Gasteiger partial charge >= 0.3 is 0 Å². The molecule has 0 heterocycles. The second-order valence-electron chi connectivity index (χ2n) is 2.68. The van der Waals surface area contributed by atoms with Crippen LogP contribution in [0.3, 0.4) is 0 Å². The van der Waals surface area contributed by atoms with Gasteiger partial charge in [0.05, 0.1) is 0 Å². The number of halogens is 2. The van der Waals surface area contributed by atoms with Gasteiger partial charge in [0.25, 0.3) is 0 Å². The van der Waals surface area contributed by atoms with Crippen molar-refractivity contribution in [3.05, 3.63) is 31.8 Å². The largest absolute Gasteiger partial charge is 0.313 e. The Labute approximate surface area is 95.2 Å². The standard InChI is InChI=1S/C9H11BrIN/c1-6(12-2)8-5-7(10)3-4-9(8)11/h3-6,12H,1-2H3. The molecule has 1 aromatic carbocycles. The van der Waals surface area contributed by atoms with Crippen LogP contribution in [0.4, 0.5) is 0 Å². The number of hydrogen-bond acceptors (Lipinski definition) is 1. The van der Waals surface area contributed by atoms with Crippen LogP contribution in [0.25, 0.3) is 0 Å². The van der Waals surface area contributed by atoms with E-state index in [1.165, 1.54) is 9.13 Å². The second kappa shape index (κ2) is 4.58. The number of benzene rings is 1. The Balaban J connectivity index is 3.04. The molecule has 1 rings (SSSR count). The maximum absolute atomic E-state index is 3.46. The molecule has 0 saturated carbocycles. The first-order chi connectivity index (χ1) is 5.65. The maximum atomic E-state index is 3.46. The normalized spacial score (nSPS) is 13.0. The Morgan fingerprint density at radius 2 is 2.17 bits per heavy atom. The Morgan fingerprint density at radius 1 is 1.50 bits per heavy atom. The van der Waals surface area contributed by atoms with Crippen LogP contribution in [0.2, 0.25) is 0 Å². The monoisotopic (exact) mass is 339 g/mol. The van der Waals surface area contributed by atoms with E-state index in [9.17, 15) is 0 Å². The molecule has 1 aromatic rings. The minimum Gasteiger partial charge on any atom is -0.313 e. The predicted octanol–water partition coefficient (Wildman–Crippen LogP) is 3.33. The number of rotatable bonds is 2. The molecule has 0 aliphatic carbocycles. The van der Waals surface area contributed by atoms with Gasteiger partial charge in [-0.3, -0.25) is 0 Å². The lowest BCUT2D eigenvalue weighted by molar-refractivity contribution is 0.649. The highest BCUT2D eigenvalue weighted by Crippen LogP contribution is 2.23. The molecule has 0 saturated heterocycles. The van der Waals surface area contributed by atoms with Crippen LogP contribution in [0, 0.1) is 3.57 Å². The molecular formula is C9H11BrIN. The van der Waals surface area contributed by atoms with E-state index >= 15 is 0 Å². The quantitative estimate of drug-likeness (QED) is 0.815. The maximum Gasteiger partial charge on any atom is 0.0299 e. The molecular weight excluding hydrogens is 329 g/mol. The minimum atomic E-state index is 0.411. The predicted molar refractivity (Wildman–Crippen MR) is 64.3 cm³/mol. The van der Waals surface area contributed by atoms with Crippen molar-refractivity contribution in [1.29, 1.82) is 0 Å². The summed E-state index contributed by atoms with van der Waals surface area (Å²) in [6.45, 7) is 2.16. The van der Waals surface area contributed by atoms with Crippen molar-refractivity contribution in [2.24, 2.45) is 0 Å². The Morgan fingerprint density at radius 3 is 2.75 bits per heavy atom. The van der Waals surface area contributed by atoms with Crippen molar-refractivity contribution in [3.8, 4) is 0 Å². The fraction of sp³-hybridized carbons (Fsp3) is 0.333. The minimum absolute atomic E-state index is 0.411. The smallest absolute Gasteiger partial charge is 0.0299 e. The van der Waals surface area contributed by atoms with Crippen LogP contribution in [-0.2, 0) is 0 Å². The van der Waals surface area contributed by atoms with E-state index in [-0.39, 0.29) is 0 Å². The summed E-state index contributed by atoms with van der Waals surface area (Å²) < 4.78 is 2.44. The van der Waals surface area contributed by atoms with Gasteiger partial charge in [-0.2, -0.15) is 0 Å². The van der Waals surface area contributed by atoms with Gasteiger partial charge in [-0.05, 0) is 60.3 Å². The topological polar surface area (TPSA) is 12.0 Å². The van der Waals surface area contributed by atoms with E-state index in [2.05, 4.69) is 69.0 Å². The molecule has 3 heteroatoms.